The number of para-hydroxylation sites is 1. The molecule has 1 saturated heterocycles. The highest BCUT2D eigenvalue weighted by Crippen LogP contribution is 2.25. The molecule has 1 heterocycles. The molecule has 0 aliphatic carbocycles. The van der Waals surface area contributed by atoms with Gasteiger partial charge in [-0.1, -0.05) is 24.6 Å². The summed E-state index contributed by atoms with van der Waals surface area (Å²) in [6.45, 7) is 0. The summed E-state index contributed by atoms with van der Waals surface area (Å²) in [5.74, 6) is 0.169. The minimum absolute atomic E-state index is 0.00356. The van der Waals surface area contributed by atoms with Crippen LogP contribution in [0.5, 0.6) is 0 Å². The van der Waals surface area contributed by atoms with Crippen LogP contribution in [0.25, 0.3) is 0 Å². The average Bonchev–Trinajstić information content (AvgIpc) is 2.38. The fourth-order valence-corrected chi connectivity index (χ4v) is 4.77. The minimum Gasteiger partial charge on any atom is -0.326 e. The summed E-state index contributed by atoms with van der Waals surface area (Å²) in [6.07, 6.45) is 2.27. The second-order valence-corrected chi connectivity index (χ2v) is 7.49. The number of nitro groups is 1. The molecule has 20 heavy (non-hydrogen) atoms. The monoisotopic (exact) mass is 298 g/mol. The molecule has 2 unspecified atom stereocenters. The predicted octanol–water partition coefficient (Wildman–Crippen LogP) is 1.43. The molecule has 0 amide bonds. The van der Waals surface area contributed by atoms with Crippen LogP contribution < -0.4 is 5.73 Å². The Bertz CT molecular complexity index is 600. The highest BCUT2D eigenvalue weighted by Gasteiger charge is 2.34. The third-order valence-corrected chi connectivity index (χ3v) is 6.12. The van der Waals surface area contributed by atoms with Crippen LogP contribution in [0.15, 0.2) is 24.3 Å². The van der Waals surface area contributed by atoms with E-state index in [1.165, 1.54) is 6.07 Å². The standard InChI is InChI=1S/C13H18N2O4S/c14-11(13-7-3-4-8-20(13,18)19)9-10-5-1-2-6-12(10)15(16)17/h1-2,5-6,11,13H,3-4,7-9,14H2. The number of nitrogens with zero attached hydrogens (tertiary/aromatic N) is 1. The molecule has 1 aromatic rings. The first-order valence-corrected chi connectivity index (χ1v) is 8.33. The van der Waals surface area contributed by atoms with E-state index in [1.807, 2.05) is 0 Å². The summed E-state index contributed by atoms with van der Waals surface area (Å²) in [6, 6.07) is 5.74. The summed E-state index contributed by atoms with van der Waals surface area (Å²) in [5.41, 5.74) is 6.51. The second-order valence-electron chi connectivity index (χ2n) is 5.16. The van der Waals surface area contributed by atoms with Gasteiger partial charge in [-0.3, -0.25) is 10.1 Å². The summed E-state index contributed by atoms with van der Waals surface area (Å²) in [4.78, 5) is 10.5. The number of hydrogen-bond donors (Lipinski definition) is 1. The van der Waals surface area contributed by atoms with Gasteiger partial charge in [0.2, 0.25) is 0 Å². The zero-order valence-electron chi connectivity index (χ0n) is 11.1. The quantitative estimate of drug-likeness (QED) is 0.669. The lowest BCUT2D eigenvalue weighted by atomic mass is 9.99. The molecule has 0 saturated carbocycles. The molecule has 2 N–H and O–H groups in total. The Balaban J connectivity index is 2.20. The Kier molecular flexibility index (Phi) is 4.39. The molecule has 7 heteroatoms. The van der Waals surface area contributed by atoms with Crippen molar-refractivity contribution in [1.82, 2.24) is 0 Å². The Morgan fingerprint density at radius 3 is 2.70 bits per heavy atom. The molecule has 110 valence electrons. The molecule has 2 rings (SSSR count). The molecule has 1 aliphatic heterocycles. The zero-order valence-corrected chi connectivity index (χ0v) is 11.9. The maximum absolute atomic E-state index is 12.0. The maximum atomic E-state index is 12.0. The van der Waals surface area contributed by atoms with Crippen molar-refractivity contribution >= 4 is 15.5 Å². The molecule has 0 aromatic heterocycles. The first kappa shape index (κ1) is 14.9. The highest BCUT2D eigenvalue weighted by atomic mass is 32.2. The highest BCUT2D eigenvalue weighted by molar-refractivity contribution is 7.92. The van der Waals surface area contributed by atoms with E-state index in [4.69, 9.17) is 5.73 Å². The van der Waals surface area contributed by atoms with E-state index in [1.54, 1.807) is 18.2 Å². The van der Waals surface area contributed by atoms with Crippen LogP contribution in [0, 0.1) is 10.1 Å². The lowest BCUT2D eigenvalue weighted by molar-refractivity contribution is -0.385. The van der Waals surface area contributed by atoms with Crippen LogP contribution in [0.1, 0.15) is 24.8 Å². The predicted molar refractivity (Wildman–Crippen MR) is 76.2 cm³/mol. The molecule has 2 atom stereocenters. The third-order valence-electron chi connectivity index (χ3n) is 3.75. The largest absolute Gasteiger partial charge is 0.326 e. The van der Waals surface area contributed by atoms with E-state index in [0.717, 1.165) is 6.42 Å². The van der Waals surface area contributed by atoms with Crippen LogP contribution >= 0.6 is 0 Å². The molecule has 0 spiro atoms. The summed E-state index contributed by atoms with van der Waals surface area (Å²) in [7, 11) is -3.17. The Hall–Kier alpha value is -1.47. The Labute approximate surface area is 118 Å². The van der Waals surface area contributed by atoms with Gasteiger partial charge in [0.05, 0.1) is 15.9 Å². The fourth-order valence-electron chi connectivity index (χ4n) is 2.71. The van der Waals surface area contributed by atoms with E-state index in [-0.39, 0.29) is 17.9 Å². The molecule has 1 aromatic carbocycles. The Morgan fingerprint density at radius 1 is 1.35 bits per heavy atom. The molecular formula is C13H18N2O4S. The van der Waals surface area contributed by atoms with E-state index in [2.05, 4.69) is 0 Å². The molecule has 1 aliphatic rings. The number of benzene rings is 1. The van der Waals surface area contributed by atoms with Gasteiger partial charge in [-0.05, 0) is 19.3 Å². The normalized spacial score (nSPS) is 23.1. The lowest BCUT2D eigenvalue weighted by Gasteiger charge is -2.27. The second kappa shape index (κ2) is 5.88. The van der Waals surface area contributed by atoms with Crippen LogP contribution in [0.3, 0.4) is 0 Å². The molecule has 1 fully saturated rings. The van der Waals surface area contributed by atoms with Gasteiger partial charge in [-0.25, -0.2) is 8.42 Å². The minimum atomic E-state index is -3.17. The topological polar surface area (TPSA) is 103 Å². The van der Waals surface area contributed by atoms with Crippen molar-refractivity contribution in [2.75, 3.05) is 5.75 Å². The smallest absolute Gasteiger partial charge is 0.272 e. The summed E-state index contributed by atoms with van der Waals surface area (Å²) >= 11 is 0. The maximum Gasteiger partial charge on any atom is 0.272 e. The van der Waals surface area contributed by atoms with Crippen molar-refractivity contribution in [2.24, 2.45) is 5.73 Å². The summed E-state index contributed by atoms with van der Waals surface area (Å²) < 4.78 is 24.0. The van der Waals surface area contributed by atoms with Crippen LogP contribution in [0.2, 0.25) is 0 Å². The van der Waals surface area contributed by atoms with Crippen molar-refractivity contribution in [3.05, 3.63) is 39.9 Å². The number of hydrogen-bond acceptors (Lipinski definition) is 5. The summed E-state index contributed by atoms with van der Waals surface area (Å²) in [5, 5.41) is 10.4. The van der Waals surface area contributed by atoms with Gasteiger partial charge < -0.3 is 5.73 Å². The van der Waals surface area contributed by atoms with Gasteiger partial charge in [0.15, 0.2) is 9.84 Å². The van der Waals surface area contributed by atoms with Crippen molar-refractivity contribution in [1.29, 1.82) is 0 Å². The fraction of sp³-hybridized carbons (Fsp3) is 0.538. The van der Waals surface area contributed by atoms with Gasteiger partial charge in [-0.15, -0.1) is 0 Å². The van der Waals surface area contributed by atoms with E-state index in [9.17, 15) is 18.5 Å². The van der Waals surface area contributed by atoms with Crippen molar-refractivity contribution in [3.63, 3.8) is 0 Å². The SMILES string of the molecule is NC(Cc1ccccc1[N+](=O)[O-])C1CCCCS1(=O)=O. The first-order chi connectivity index (χ1) is 9.42. The first-order valence-electron chi connectivity index (χ1n) is 6.61. The van der Waals surface area contributed by atoms with Gasteiger partial charge in [-0.2, -0.15) is 0 Å². The van der Waals surface area contributed by atoms with E-state index < -0.39 is 26.1 Å². The van der Waals surface area contributed by atoms with Crippen LogP contribution in [-0.2, 0) is 16.3 Å². The van der Waals surface area contributed by atoms with Gasteiger partial charge in [0.1, 0.15) is 0 Å². The average molecular weight is 298 g/mol. The number of rotatable bonds is 4. The van der Waals surface area contributed by atoms with Gasteiger partial charge in [0.25, 0.3) is 5.69 Å². The number of sulfone groups is 1. The van der Waals surface area contributed by atoms with Crippen LogP contribution in [-0.4, -0.2) is 30.4 Å². The van der Waals surface area contributed by atoms with Gasteiger partial charge in [0, 0.05) is 17.7 Å². The van der Waals surface area contributed by atoms with Crippen LogP contribution in [0.4, 0.5) is 5.69 Å². The molecular weight excluding hydrogens is 280 g/mol. The van der Waals surface area contributed by atoms with Crippen molar-refractivity contribution < 1.29 is 13.3 Å². The van der Waals surface area contributed by atoms with Gasteiger partial charge >= 0.3 is 0 Å². The van der Waals surface area contributed by atoms with Crippen molar-refractivity contribution in [3.8, 4) is 0 Å². The number of nitro benzene ring substituents is 1. The van der Waals surface area contributed by atoms with E-state index in [0.29, 0.717) is 18.4 Å². The van der Waals surface area contributed by atoms with Crippen molar-refractivity contribution in [2.45, 2.75) is 37.0 Å². The zero-order chi connectivity index (χ0) is 14.8. The lowest BCUT2D eigenvalue weighted by Crippen LogP contribution is -2.44. The Morgan fingerprint density at radius 2 is 2.05 bits per heavy atom. The molecule has 6 nitrogen and oxygen atoms in total. The molecule has 0 radical (unpaired) electrons. The number of nitrogens with two attached hydrogens (primary N) is 1. The third kappa shape index (κ3) is 3.16. The molecule has 0 bridgehead atoms. The van der Waals surface area contributed by atoms with E-state index >= 15 is 0 Å².